The van der Waals surface area contributed by atoms with E-state index in [2.05, 4.69) is 9.71 Å². The highest BCUT2D eigenvalue weighted by molar-refractivity contribution is 8.15. The van der Waals surface area contributed by atoms with Gasteiger partial charge in [0.1, 0.15) is 16.3 Å². The number of allylic oxidation sites excluding steroid dienone is 1. The van der Waals surface area contributed by atoms with Gasteiger partial charge in [-0.3, -0.25) is 4.72 Å². The summed E-state index contributed by atoms with van der Waals surface area (Å²) in [5.74, 6) is 0. The number of ether oxygens (including phenoxy) is 1. The SMILES string of the molecule is COCn1c(-c2nccs2)cc2cccc(NS(=O)(=O)C3CC=CS3)c21. The van der Waals surface area contributed by atoms with Gasteiger partial charge < -0.3 is 9.30 Å². The van der Waals surface area contributed by atoms with Crippen LogP contribution in [-0.4, -0.2) is 29.7 Å². The van der Waals surface area contributed by atoms with Crippen LogP contribution in [0.3, 0.4) is 0 Å². The van der Waals surface area contributed by atoms with Crippen LogP contribution in [0.4, 0.5) is 5.69 Å². The van der Waals surface area contributed by atoms with E-state index in [1.807, 2.05) is 39.6 Å². The van der Waals surface area contributed by atoms with Crippen molar-refractivity contribution >= 4 is 49.7 Å². The van der Waals surface area contributed by atoms with Crippen molar-refractivity contribution in [3.8, 4) is 10.7 Å². The van der Waals surface area contributed by atoms with Crippen LogP contribution in [0.25, 0.3) is 21.6 Å². The highest BCUT2D eigenvalue weighted by Gasteiger charge is 2.28. The van der Waals surface area contributed by atoms with Crippen LogP contribution in [0.5, 0.6) is 0 Å². The number of hydrogen-bond donors (Lipinski definition) is 1. The normalized spacial score (nSPS) is 17.2. The molecule has 136 valence electrons. The van der Waals surface area contributed by atoms with E-state index in [1.54, 1.807) is 19.4 Å². The molecule has 0 fully saturated rings. The van der Waals surface area contributed by atoms with Gasteiger partial charge >= 0.3 is 0 Å². The molecule has 1 aliphatic rings. The van der Waals surface area contributed by atoms with Crippen LogP contribution in [0.15, 0.2) is 47.3 Å². The molecule has 3 heterocycles. The second-order valence-electron chi connectivity index (χ2n) is 5.78. The van der Waals surface area contributed by atoms with E-state index in [0.717, 1.165) is 21.6 Å². The maximum absolute atomic E-state index is 12.7. The predicted octanol–water partition coefficient (Wildman–Crippen LogP) is 4.09. The summed E-state index contributed by atoms with van der Waals surface area (Å²) in [5.41, 5.74) is 2.24. The van der Waals surface area contributed by atoms with Crippen molar-refractivity contribution in [2.45, 2.75) is 17.7 Å². The largest absolute Gasteiger partial charge is 0.364 e. The molecule has 0 spiro atoms. The van der Waals surface area contributed by atoms with E-state index >= 15 is 0 Å². The summed E-state index contributed by atoms with van der Waals surface area (Å²) in [7, 11) is -1.88. The average Bonchev–Trinajstić information content (AvgIpc) is 3.36. The zero-order valence-electron chi connectivity index (χ0n) is 14.0. The lowest BCUT2D eigenvalue weighted by molar-refractivity contribution is 0.136. The fraction of sp³-hybridized carbons (Fsp3) is 0.235. The quantitative estimate of drug-likeness (QED) is 0.666. The fourth-order valence-electron chi connectivity index (χ4n) is 2.98. The van der Waals surface area contributed by atoms with Crippen molar-refractivity contribution < 1.29 is 13.2 Å². The Bertz CT molecular complexity index is 1050. The number of methoxy groups -OCH3 is 1. The van der Waals surface area contributed by atoms with Crippen LogP contribution >= 0.6 is 23.1 Å². The van der Waals surface area contributed by atoms with Gasteiger partial charge in [-0.05, 0) is 24.0 Å². The van der Waals surface area contributed by atoms with Crippen LogP contribution in [0.1, 0.15) is 6.42 Å². The van der Waals surface area contributed by atoms with Gasteiger partial charge in [-0.25, -0.2) is 13.4 Å². The maximum atomic E-state index is 12.7. The van der Waals surface area contributed by atoms with Gasteiger partial charge in [0.15, 0.2) is 0 Å². The Morgan fingerprint density at radius 3 is 3.00 bits per heavy atom. The molecule has 1 N–H and O–H groups in total. The first kappa shape index (κ1) is 17.6. The Hall–Kier alpha value is -1.81. The Labute approximate surface area is 159 Å². The second-order valence-corrected chi connectivity index (χ2v) is 9.95. The summed E-state index contributed by atoms with van der Waals surface area (Å²) < 4.78 is 35.1. The molecule has 26 heavy (non-hydrogen) atoms. The number of hydrogen-bond acceptors (Lipinski definition) is 6. The minimum Gasteiger partial charge on any atom is -0.364 e. The van der Waals surface area contributed by atoms with Gasteiger partial charge in [0.25, 0.3) is 0 Å². The number of anilines is 1. The minimum atomic E-state index is -3.50. The van der Waals surface area contributed by atoms with E-state index in [1.165, 1.54) is 23.1 Å². The Morgan fingerprint density at radius 2 is 2.31 bits per heavy atom. The maximum Gasteiger partial charge on any atom is 0.245 e. The molecular formula is C17H17N3O3S3. The van der Waals surface area contributed by atoms with Crippen molar-refractivity contribution in [2.24, 2.45) is 0 Å². The molecule has 2 aromatic heterocycles. The van der Waals surface area contributed by atoms with E-state index in [4.69, 9.17) is 4.74 Å². The van der Waals surface area contributed by atoms with Crippen molar-refractivity contribution in [3.63, 3.8) is 0 Å². The topological polar surface area (TPSA) is 73.2 Å². The average molecular weight is 408 g/mol. The second kappa shape index (κ2) is 7.07. The first-order chi connectivity index (χ1) is 12.6. The molecule has 3 aromatic rings. The van der Waals surface area contributed by atoms with Gasteiger partial charge in [-0.15, -0.1) is 23.1 Å². The summed E-state index contributed by atoms with van der Waals surface area (Å²) >= 11 is 2.85. The van der Waals surface area contributed by atoms with Gasteiger partial charge in [0, 0.05) is 24.1 Å². The number of sulfonamides is 1. The lowest BCUT2D eigenvalue weighted by Gasteiger charge is -2.16. The Kier molecular flexibility index (Phi) is 4.78. The fourth-order valence-corrected chi connectivity index (χ4v) is 6.15. The molecule has 0 saturated heterocycles. The molecular weight excluding hydrogens is 390 g/mol. The summed E-state index contributed by atoms with van der Waals surface area (Å²) in [4.78, 5) is 4.38. The molecule has 0 aliphatic carbocycles. The minimum absolute atomic E-state index is 0.302. The Morgan fingerprint density at radius 1 is 1.42 bits per heavy atom. The molecule has 1 atom stereocenters. The third kappa shape index (κ3) is 3.16. The Balaban J connectivity index is 1.83. The van der Waals surface area contributed by atoms with Gasteiger partial charge in [-0.1, -0.05) is 18.2 Å². The number of thioether (sulfide) groups is 1. The number of aromatic nitrogens is 2. The van der Waals surface area contributed by atoms with E-state index in [-0.39, 0.29) is 0 Å². The predicted molar refractivity (Wildman–Crippen MR) is 108 cm³/mol. The molecule has 9 heteroatoms. The van der Waals surface area contributed by atoms with Crippen LogP contribution in [0, 0.1) is 0 Å². The zero-order chi connectivity index (χ0) is 18.1. The first-order valence-corrected chi connectivity index (χ1v) is 11.3. The van der Waals surface area contributed by atoms with Crippen molar-refractivity contribution in [2.75, 3.05) is 11.8 Å². The molecule has 4 rings (SSSR count). The number of nitrogens with zero attached hydrogens (tertiary/aromatic N) is 2. The van der Waals surface area contributed by atoms with Crippen molar-refractivity contribution in [3.05, 3.63) is 47.3 Å². The summed E-state index contributed by atoms with van der Waals surface area (Å²) in [6.45, 7) is 0.302. The number of benzene rings is 1. The van der Waals surface area contributed by atoms with Crippen LogP contribution < -0.4 is 4.72 Å². The van der Waals surface area contributed by atoms with E-state index in [0.29, 0.717) is 18.8 Å². The lowest BCUT2D eigenvalue weighted by atomic mass is 10.2. The van der Waals surface area contributed by atoms with E-state index in [9.17, 15) is 8.42 Å². The molecule has 0 amide bonds. The molecule has 0 bridgehead atoms. The molecule has 1 aliphatic heterocycles. The van der Waals surface area contributed by atoms with Crippen LogP contribution in [0.2, 0.25) is 0 Å². The van der Waals surface area contributed by atoms with Crippen molar-refractivity contribution in [1.29, 1.82) is 0 Å². The smallest absolute Gasteiger partial charge is 0.245 e. The molecule has 1 aromatic carbocycles. The molecule has 0 radical (unpaired) electrons. The van der Waals surface area contributed by atoms with Gasteiger partial charge in [0.2, 0.25) is 10.0 Å². The first-order valence-electron chi connectivity index (χ1n) is 7.93. The highest BCUT2D eigenvalue weighted by atomic mass is 32.3. The number of thiazole rings is 1. The molecule has 1 unspecified atom stereocenters. The third-order valence-corrected chi connectivity index (χ3v) is 8.21. The monoisotopic (exact) mass is 407 g/mol. The van der Waals surface area contributed by atoms with Crippen molar-refractivity contribution in [1.82, 2.24) is 9.55 Å². The number of para-hydroxylation sites is 1. The third-order valence-electron chi connectivity index (χ3n) is 4.08. The summed E-state index contributed by atoms with van der Waals surface area (Å²) in [6.07, 6.45) is 4.14. The van der Waals surface area contributed by atoms with Gasteiger partial charge in [-0.2, -0.15) is 0 Å². The molecule has 0 saturated carbocycles. The zero-order valence-corrected chi connectivity index (χ0v) is 16.4. The standard InChI is InChI=1S/C17H17N3O3S3/c1-23-11-20-14(17-18-7-9-25-17)10-12-4-2-5-13(16(12)20)19-26(21,22)15-6-3-8-24-15/h2-5,7-10,15,19H,6,11H2,1H3. The number of rotatable bonds is 6. The highest BCUT2D eigenvalue weighted by Crippen LogP contribution is 2.36. The summed E-state index contributed by atoms with van der Waals surface area (Å²) in [5, 5.41) is 5.55. The number of nitrogens with one attached hydrogen (secondary N) is 1. The lowest BCUT2D eigenvalue weighted by Crippen LogP contribution is -2.23. The van der Waals surface area contributed by atoms with E-state index < -0.39 is 14.6 Å². The van der Waals surface area contributed by atoms with Gasteiger partial charge in [0.05, 0.1) is 16.9 Å². The molecule has 6 nitrogen and oxygen atoms in total. The summed E-state index contributed by atoms with van der Waals surface area (Å²) in [6, 6.07) is 7.60. The number of fused-ring (bicyclic) bond motifs is 1. The van der Waals surface area contributed by atoms with Crippen LogP contribution in [-0.2, 0) is 21.5 Å².